The Morgan fingerprint density at radius 3 is 2.95 bits per heavy atom. The Kier molecular flexibility index (Phi) is 4.46. The number of para-hydroxylation sites is 1. The predicted molar refractivity (Wildman–Crippen MR) is 73.2 cm³/mol. The van der Waals surface area contributed by atoms with Crippen molar-refractivity contribution < 1.29 is 19.2 Å². The minimum atomic E-state index is -1.35. The van der Waals surface area contributed by atoms with Gasteiger partial charge < -0.3 is 19.4 Å². The molecule has 0 atom stereocenters. The van der Waals surface area contributed by atoms with Gasteiger partial charge in [0.25, 0.3) is 0 Å². The first-order chi connectivity index (χ1) is 9.20. The van der Waals surface area contributed by atoms with Gasteiger partial charge in [-0.15, -0.1) is 0 Å². The second-order valence-electron chi connectivity index (χ2n) is 4.23. The molecule has 100 valence electrons. The van der Waals surface area contributed by atoms with Gasteiger partial charge in [-0.2, -0.15) is 0 Å². The molecule has 5 nitrogen and oxygen atoms in total. The molecule has 0 fully saturated rings. The number of hydrogen-bond donors (Lipinski definition) is 2. The molecule has 0 unspecified atom stereocenters. The number of aromatic amines is 1. The number of aromatic nitrogens is 1. The van der Waals surface area contributed by atoms with Crippen LogP contribution in [0.15, 0.2) is 30.3 Å². The molecule has 1 aromatic carbocycles. The monoisotopic (exact) mass is 261 g/mol. The summed E-state index contributed by atoms with van der Waals surface area (Å²) in [7, 11) is -1.35. The highest BCUT2D eigenvalue weighted by atomic mass is 16.7. The van der Waals surface area contributed by atoms with Crippen LogP contribution >= 0.6 is 0 Å². The van der Waals surface area contributed by atoms with E-state index in [9.17, 15) is 9.82 Å². The SMILES string of the molecule is CCCCOC(=O)OB(O)c1cc2ccccc2[nH]1. The first-order valence-electron chi connectivity index (χ1n) is 6.30. The highest BCUT2D eigenvalue weighted by Crippen LogP contribution is 2.09. The predicted octanol–water partition coefficient (Wildman–Crippen LogP) is 1.81. The maximum atomic E-state index is 11.3. The van der Waals surface area contributed by atoms with Crippen molar-refractivity contribution in [3.63, 3.8) is 0 Å². The molecular weight excluding hydrogens is 245 g/mol. The van der Waals surface area contributed by atoms with Crippen LogP contribution in [-0.4, -0.2) is 29.9 Å². The zero-order chi connectivity index (χ0) is 13.7. The first kappa shape index (κ1) is 13.5. The van der Waals surface area contributed by atoms with Crippen LogP contribution < -0.4 is 5.59 Å². The third-order valence-corrected chi connectivity index (χ3v) is 2.74. The van der Waals surface area contributed by atoms with Crippen LogP contribution in [0, 0.1) is 0 Å². The number of nitrogens with one attached hydrogen (secondary N) is 1. The molecule has 2 aromatic rings. The minimum absolute atomic E-state index is 0.300. The number of hydrogen-bond acceptors (Lipinski definition) is 4. The van der Waals surface area contributed by atoms with Crippen molar-refractivity contribution in [2.45, 2.75) is 19.8 Å². The highest BCUT2D eigenvalue weighted by Gasteiger charge is 2.24. The molecule has 0 bridgehead atoms. The van der Waals surface area contributed by atoms with Crippen molar-refractivity contribution >= 4 is 29.8 Å². The van der Waals surface area contributed by atoms with Crippen LogP contribution in [0.3, 0.4) is 0 Å². The first-order valence-corrected chi connectivity index (χ1v) is 6.30. The Morgan fingerprint density at radius 2 is 2.21 bits per heavy atom. The maximum absolute atomic E-state index is 11.3. The van der Waals surface area contributed by atoms with Crippen LogP contribution in [0.5, 0.6) is 0 Å². The van der Waals surface area contributed by atoms with Gasteiger partial charge >= 0.3 is 13.3 Å². The minimum Gasteiger partial charge on any atom is -0.472 e. The molecule has 0 saturated carbocycles. The summed E-state index contributed by atoms with van der Waals surface area (Å²) in [4.78, 5) is 14.3. The number of ether oxygens (including phenoxy) is 1. The summed E-state index contributed by atoms with van der Waals surface area (Å²) in [6, 6.07) is 9.30. The summed E-state index contributed by atoms with van der Waals surface area (Å²) < 4.78 is 9.59. The summed E-state index contributed by atoms with van der Waals surface area (Å²) in [5, 5.41) is 10.7. The molecule has 0 radical (unpaired) electrons. The molecule has 0 saturated heterocycles. The number of H-pyrrole nitrogens is 1. The smallest absolute Gasteiger partial charge is 0.472 e. The fourth-order valence-corrected chi connectivity index (χ4v) is 1.72. The van der Waals surface area contributed by atoms with Gasteiger partial charge in [0, 0.05) is 5.52 Å². The lowest BCUT2D eigenvalue weighted by Gasteiger charge is -2.07. The zero-order valence-electron chi connectivity index (χ0n) is 10.8. The molecular formula is C13H16BNO4. The molecule has 0 spiro atoms. The largest absolute Gasteiger partial charge is 0.581 e. The van der Waals surface area contributed by atoms with E-state index in [-0.39, 0.29) is 0 Å². The van der Waals surface area contributed by atoms with Gasteiger partial charge in [0.05, 0.1) is 12.2 Å². The molecule has 2 rings (SSSR count). The summed E-state index contributed by atoms with van der Waals surface area (Å²) in [6.45, 7) is 2.29. The molecule has 6 heteroatoms. The van der Waals surface area contributed by atoms with E-state index in [0.29, 0.717) is 12.2 Å². The van der Waals surface area contributed by atoms with E-state index in [1.807, 2.05) is 31.2 Å². The quantitative estimate of drug-likeness (QED) is 0.489. The number of unbranched alkanes of at least 4 members (excludes halogenated alkanes) is 1. The van der Waals surface area contributed by atoms with Crippen LogP contribution in [-0.2, 0) is 9.39 Å². The van der Waals surface area contributed by atoms with Crippen molar-refractivity contribution in [1.82, 2.24) is 4.98 Å². The highest BCUT2D eigenvalue weighted by molar-refractivity contribution is 6.61. The number of rotatable bonds is 5. The third kappa shape index (κ3) is 3.51. The van der Waals surface area contributed by atoms with Crippen LogP contribution in [0.4, 0.5) is 4.79 Å². The van der Waals surface area contributed by atoms with Crippen LogP contribution in [0.1, 0.15) is 19.8 Å². The Balaban J connectivity index is 1.95. The molecule has 0 aliphatic rings. The third-order valence-electron chi connectivity index (χ3n) is 2.74. The standard InChI is InChI=1S/C13H16BNO4/c1-2-3-8-18-13(16)19-14(17)12-9-10-6-4-5-7-11(10)15-12/h4-7,9,15,17H,2-3,8H2,1H3. The van der Waals surface area contributed by atoms with Crippen molar-refractivity contribution in [3.8, 4) is 0 Å². The van der Waals surface area contributed by atoms with Gasteiger partial charge in [-0.05, 0) is 23.9 Å². The molecule has 1 heterocycles. The second kappa shape index (κ2) is 6.29. The maximum Gasteiger partial charge on any atom is 0.581 e. The summed E-state index contributed by atoms with van der Waals surface area (Å²) in [5.74, 6) is 0. The van der Waals surface area contributed by atoms with E-state index in [4.69, 9.17) is 9.39 Å². The zero-order valence-corrected chi connectivity index (χ0v) is 10.8. The second-order valence-corrected chi connectivity index (χ2v) is 4.23. The molecule has 2 N–H and O–H groups in total. The number of carbonyl (C=O) groups is 1. The Labute approximate surface area is 111 Å². The number of benzene rings is 1. The average molecular weight is 261 g/mol. The van der Waals surface area contributed by atoms with Gasteiger partial charge in [-0.1, -0.05) is 31.5 Å². The Bertz CT molecular complexity index is 521. The van der Waals surface area contributed by atoms with E-state index in [1.54, 1.807) is 6.07 Å². The van der Waals surface area contributed by atoms with E-state index in [1.165, 1.54) is 0 Å². The van der Waals surface area contributed by atoms with E-state index >= 15 is 0 Å². The number of fused-ring (bicyclic) bond motifs is 1. The average Bonchev–Trinajstić information content (AvgIpc) is 2.83. The van der Waals surface area contributed by atoms with E-state index in [0.717, 1.165) is 23.7 Å². The molecule has 0 amide bonds. The van der Waals surface area contributed by atoms with Gasteiger partial charge in [-0.25, -0.2) is 4.79 Å². The van der Waals surface area contributed by atoms with Crippen molar-refractivity contribution in [2.24, 2.45) is 0 Å². The van der Waals surface area contributed by atoms with Gasteiger partial charge in [0.1, 0.15) is 0 Å². The fraction of sp³-hybridized carbons (Fsp3) is 0.308. The lowest BCUT2D eigenvalue weighted by Crippen LogP contribution is -2.36. The topological polar surface area (TPSA) is 71.6 Å². The Hall–Kier alpha value is -1.95. The van der Waals surface area contributed by atoms with E-state index in [2.05, 4.69) is 4.98 Å². The van der Waals surface area contributed by atoms with Gasteiger partial charge in [0.2, 0.25) is 0 Å². The van der Waals surface area contributed by atoms with Crippen molar-refractivity contribution in [1.29, 1.82) is 0 Å². The molecule has 0 aliphatic carbocycles. The van der Waals surface area contributed by atoms with Crippen LogP contribution in [0.25, 0.3) is 10.9 Å². The van der Waals surface area contributed by atoms with Gasteiger partial charge in [0.15, 0.2) is 0 Å². The molecule has 19 heavy (non-hydrogen) atoms. The Morgan fingerprint density at radius 1 is 1.42 bits per heavy atom. The summed E-state index contributed by atoms with van der Waals surface area (Å²) >= 11 is 0. The number of carbonyl (C=O) groups excluding carboxylic acids is 1. The van der Waals surface area contributed by atoms with E-state index < -0.39 is 13.3 Å². The van der Waals surface area contributed by atoms with Crippen molar-refractivity contribution in [2.75, 3.05) is 6.61 Å². The fourth-order valence-electron chi connectivity index (χ4n) is 1.72. The molecule has 0 aliphatic heterocycles. The summed E-state index contributed by atoms with van der Waals surface area (Å²) in [5.41, 5.74) is 1.30. The molecule has 1 aromatic heterocycles. The van der Waals surface area contributed by atoms with Gasteiger partial charge in [-0.3, -0.25) is 0 Å². The lowest BCUT2D eigenvalue weighted by molar-refractivity contribution is 0.0922. The lowest BCUT2D eigenvalue weighted by atomic mass is 9.86. The van der Waals surface area contributed by atoms with Crippen LogP contribution in [0.2, 0.25) is 0 Å². The summed E-state index contributed by atoms with van der Waals surface area (Å²) in [6.07, 6.45) is 0.842. The normalized spacial score (nSPS) is 10.4. The van der Waals surface area contributed by atoms with Crippen molar-refractivity contribution in [3.05, 3.63) is 30.3 Å².